The number of anilines is 1. The van der Waals surface area contributed by atoms with E-state index in [2.05, 4.69) is 24.4 Å². The van der Waals surface area contributed by atoms with Crippen LogP contribution in [0.4, 0.5) is 5.69 Å². The molecule has 0 aliphatic heterocycles. The van der Waals surface area contributed by atoms with Crippen molar-refractivity contribution < 1.29 is 4.74 Å². The lowest BCUT2D eigenvalue weighted by molar-refractivity contribution is 0.320. The van der Waals surface area contributed by atoms with Crippen LogP contribution in [-0.2, 0) is 12.8 Å². The number of para-hydroxylation sites is 1. The first-order chi connectivity index (χ1) is 9.35. The van der Waals surface area contributed by atoms with Gasteiger partial charge in [0.1, 0.15) is 11.3 Å². The summed E-state index contributed by atoms with van der Waals surface area (Å²) in [7, 11) is 1.99. The number of fused-ring (bicyclic) bond motifs is 2. The lowest BCUT2D eigenvalue weighted by atomic mass is 10.1. The van der Waals surface area contributed by atoms with Crippen LogP contribution in [0, 0.1) is 0 Å². The van der Waals surface area contributed by atoms with Crippen molar-refractivity contribution in [2.24, 2.45) is 0 Å². The Morgan fingerprint density at radius 2 is 2.21 bits per heavy atom. The van der Waals surface area contributed by atoms with E-state index in [9.17, 15) is 0 Å². The van der Waals surface area contributed by atoms with Gasteiger partial charge in [0.15, 0.2) is 0 Å². The predicted octanol–water partition coefficient (Wildman–Crippen LogP) is 3.55. The highest BCUT2D eigenvalue weighted by molar-refractivity contribution is 5.97. The summed E-state index contributed by atoms with van der Waals surface area (Å²) in [6, 6.07) is 6.20. The Morgan fingerprint density at radius 1 is 1.32 bits per heavy atom. The van der Waals surface area contributed by atoms with Gasteiger partial charge in [-0.15, -0.1) is 0 Å². The first kappa shape index (κ1) is 12.3. The molecule has 0 bridgehead atoms. The van der Waals surface area contributed by atoms with Crippen LogP contribution < -0.4 is 10.1 Å². The zero-order chi connectivity index (χ0) is 13.2. The molecule has 1 N–H and O–H groups in total. The number of aromatic nitrogens is 1. The molecule has 19 heavy (non-hydrogen) atoms. The molecule has 0 amide bonds. The zero-order valence-electron chi connectivity index (χ0n) is 11.6. The van der Waals surface area contributed by atoms with Crippen molar-refractivity contribution in [1.29, 1.82) is 0 Å². The summed E-state index contributed by atoms with van der Waals surface area (Å²) in [4.78, 5) is 4.85. The zero-order valence-corrected chi connectivity index (χ0v) is 11.6. The molecule has 0 atom stereocenters. The molecule has 100 valence electrons. The number of pyridine rings is 1. The van der Waals surface area contributed by atoms with E-state index in [0.717, 1.165) is 37.1 Å². The van der Waals surface area contributed by atoms with E-state index in [4.69, 9.17) is 9.72 Å². The molecule has 0 unspecified atom stereocenters. The molecule has 1 aromatic carbocycles. The first-order valence-corrected chi connectivity index (χ1v) is 7.10. The Kier molecular flexibility index (Phi) is 3.28. The fourth-order valence-corrected chi connectivity index (χ4v) is 2.87. The minimum absolute atomic E-state index is 0.743. The van der Waals surface area contributed by atoms with Crippen LogP contribution in [0.2, 0.25) is 0 Å². The highest BCUT2D eigenvalue weighted by Gasteiger charge is 2.20. The van der Waals surface area contributed by atoms with Gasteiger partial charge < -0.3 is 10.1 Å². The molecule has 0 spiro atoms. The summed E-state index contributed by atoms with van der Waals surface area (Å²) in [6.07, 6.45) is 4.44. The lowest BCUT2D eigenvalue weighted by Gasteiger charge is -2.14. The van der Waals surface area contributed by atoms with Crippen LogP contribution in [0.5, 0.6) is 5.75 Å². The van der Waals surface area contributed by atoms with Crippen LogP contribution in [0.3, 0.4) is 0 Å². The van der Waals surface area contributed by atoms with Gasteiger partial charge in [0, 0.05) is 23.8 Å². The summed E-state index contributed by atoms with van der Waals surface area (Å²) in [5.74, 6) is 0.908. The highest BCUT2D eigenvalue weighted by Crippen LogP contribution is 2.36. The number of nitrogens with one attached hydrogen (secondary N) is 1. The van der Waals surface area contributed by atoms with Gasteiger partial charge in [0.25, 0.3) is 0 Å². The average Bonchev–Trinajstić information content (AvgIpc) is 2.90. The van der Waals surface area contributed by atoms with Crippen molar-refractivity contribution in [1.82, 2.24) is 4.98 Å². The van der Waals surface area contributed by atoms with Crippen molar-refractivity contribution in [3.63, 3.8) is 0 Å². The monoisotopic (exact) mass is 256 g/mol. The Balaban J connectivity index is 2.21. The Hall–Kier alpha value is -1.77. The van der Waals surface area contributed by atoms with Gasteiger partial charge >= 0.3 is 0 Å². The largest absolute Gasteiger partial charge is 0.491 e. The van der Waals surface area contributed by atoms with E-state index in [0.29, 0.717) is 0 Å². The van der Waals surface area contributed by atoms with Gasteiger partial charge in [0.2, 0.25) is 0 Å². The molecule has 0 saturated heterocycles. The third-order valence-corrected chi connectivity index (χ3v) is 3.72. The molecule has 3 nitrogen and oxygen atoms in total. The molecule has 0 saturated carbocycles. The molecule has 1 aliphatic carbocycles. The van der Waals surface area contributed by atoms with Crippen molar-refractivity contribution in [2.45, 2.75) is 32.6 Å². The molecule has 3 heteroatoms. The van der Waals surface area contributed by atoms with E-state index >= 15 is 0 Å². The van der Waals surface area contributed by atoms with Crippen LogP contribution >= 0.6 is 0 Å². The number of ether oxygens (including phenoxy) is 1. The normalized spacial score (nSPS) is 13.6. The minimum atomic E-state index is 0.743. The van der Waals surface area contributed by atoms with E-state index in [1.807, 2.05) is 13.1 Å². The van der Waals surface area contributed by atoms with Gasteiger partial charge in [0.05, 0.1) is 6.61 Å². The van der Waals surface area contributed by atoms with Crippen molar-refractivity contribution in [3.8, 4) is 5.75 Å². The van der Waals surface area contributed by atoms with Crippen molar-refractivity contribution in [3.05, 3.63) is 29.5 Å². The molecule has 2 aromatic rings. The lowest BCUT2D eigenvalue weighted by Crippen LogP contribution is -2.02. The number of nitrogens with zero attached hydrogens (tertiary/aromatic N) is 1. The molecule has 1 aliphatic rings. The highest BCUT2D eigenvalue weighted by atomic mass is 16.5. The summed E-state index contributed by atoms with van der Waals surface area (Å²) in [6.45, 7) is 2.86. The molecule has 1 heterocycles. The Morgan fingerprint density at radius 3 is 3.00 bits per heavy atom. The van der Waals surface area contributed by atoms with Crippen molar-refractivity contribution >= 4 is 16.6 Å². The van der Waals surface area contributed by atoms with E-state index in [1.54, 1.807) is 0 Å². The van der Waals surface area contributed by atoms with E-state index < -0.39 is 0 Å². The Bertz CT molecular complexity index is 607. The standard InChI is InChI=1S/C16H20N2O/c1-3-10-19-14-9-5-7-12-15(17-2)11-6-4-8-13(11)18-16(12)14/h5,7,9H,3-4,6,8,10H2,1-2H3,(H,17,18). The minimum Gasteiger partial charge on any atom is -0.491 e. The number of hydrogen-bond donors (Lipinski definition) is 1. The maximum atomic E-state index is 5.84. The SMILES string of the molecule is CCCOc1cccc2c(NC)c3c(nc12)CCC3. The van der Waals surface area contributed by atoms with Gasteiger partial charge in [-0.3, -0.25) is 0 Å². The second-order valence-corrected chi connectivity index (χ2v) is 5.02. The van der Waals surface area contributed by atoms with Crippen LogP contribution in [0.25, 0.3) is 10.9 Å². The summed E-state index contributed by atoms with van der Waals surface area (Å²) < 4.78 is 5.84. The third-order valence-electron chi connectivity index (χ3n) is 3.72. The molecule has 3 rings (SSSR count). The second kappa shape index (κ2) is 5.08. The van der Waals surface area contributed by atoms with Gasteiger partial charge in [-0.2, -0.15) is 0 Å². The average molecular weight is 256 g/mol. The van der Waals surface area contributed by atoms with E-state index in [1.165, 1.54) is 28.8 Å². The fraction of sp³-hybridized carbons (Fsp3) is 0.438. The van der Waals surface area contributed by atoms with Crippen LogP contribution in [-0.4, -0.2) is 18.6 Å². The molecular formula is C16H20N2O. The van der Waals surface area contributed by atoms with Crippen LogP contribution in [0.1, 0.15) is 31.0 Å². The second-order valence-electron chi connectivity index (χ2n) is 5.02. The number of hydrogen-bond acceptors (Lipinski definition) is 3. The van der Waals surface area contributed by atoms with Crippen LogP contribution in [0.15, 0.2) is 18.2 Å². The Labute approximate surface area is 114 Å². The molecule has 1 aromatic heterocycles. The van der Waals surface area contributed by atoms with Gasteiger partial charge in [-0.1, -0.05) is 19.1 Å². The van der Waals surface area contributed by atoms with Gasteiger partial charge in [-0.25, -0.2) is 4.98 Å². The maximum Gasteiger partial charge on any atom is 0.145 e. The number of benzene rings is 1. The summed E-state index contributed by atoms with van der Waals surface area (Å²) in [5.41, 5.74) is 4.87. The molecule has 0 fully saturated rings. The number of rotatable bonds is 4. The van der Waals surface area contributed by atoms with Crippen molar-refractivity contribution in [2.75, 3.05) is 19.0 Å². The molecule has 0 radical (unpaired) electrons. The number of aryl methyl sites for hydroxylation is 1. The maximum absolute atomic E-state index is 5.84. The third kappa shape index (κ3) is 2.03. The first-order valence-electron chi connectivity index (χ1n) is 7.10. The fourth-order valence-electron chi connectivity index (χ4n) is 2.87. The molecular weight excluding hydrogens is 236 g/mol. The summed E-state index contributed by atoms with van der Waals surface area (Å²) in [5, 5.41) is 4.54. The summed E-state index contributed by atoms with van der Waals surface area (Å²) >= 11 is 0. The van der Waals surface area contributed by atoms with E-state index in [-0.39, 0.29) is 0 Å². The predicted molar refractivity (Wildman–Crippen MR) is 79.1 cm³/mol. The smallest absolute Gasteiger partial charge is 0.145 e. The quantitative estimate of drug-likeness (QED) is 0.908. The topological polar surface area (TPSA) is 34.1 Å². The van der Waals surface area contributed by atoms with Gasteiger partial charge in [-0.05, 0) is 37.3 Å².